The third kappa shape index (κ3) is 3.24. The van der Waals surface area contributed by atoms with Crippen molar-refractivity contribution >= 4 is 35.1 Å². The molecule has 0 fully saturated rings. The fourth-order valence-electron chi connectivity index (χ4n) is 1.70. The van der Waals surface area contributed by atoms with E-state index in [0.717, 1.165) is 30.9 Å². The van der Waals surface area contributed by atoms with Crippen molar-refractivity contribution in [3.05, 3.63) is 39.9 Å². The second-order valence-corrected chi connectivity index (χ2v) is 4.84. The quantitative estimate of drug-likeness (QED) is 0.798. The number of amidine groups is 1. The first-order chi connectivity index (χ1) is 8.16. The van der Waals surface area contributed by atoms with Gasteiger partial charge >= 0.3 is 0 Å². The van der Waals surface area contributed by atoms with Crippen LogP contribution in [0.15, 0.2) is 29.3 Å². The molecule has 0 radical (unpaired) electrons. The first-order valence-electron chi connectivity index (χ1n) is 5.55. The Bertz CT molecular complexity index is 466. The summed E-state index contributed by atoms with van der Waals surface area (Å²) in [7, 11) is 2.05. The summed E-state index contributed by atoms with van der Waals surface area (Å²) in [6, 6.07) is 5.59. The Morgan fingerprint density at radius 3 is 2.76 bits per heavy atom. The van der Waals surface area contributed by atoms with E-state index < -0.39 is 0 Å². The molecule has 1 aromatic carbocycles. The minimum atomic E-state index is 0.577. The molecule has 0 N–H and O–H groups in total. The van der Waals surface area contributed by atoms with Crippen LogP contribution in [0.25, 0.3) is 6.08 Å². The minimum absolute atomic E-state index is 0.577. The van der Waals surface area contributed by atoms with Gasteiger partial charge in [0, 0.05) is 20.1 Å². The van der Waals surface area contributed by atoms with Crippen LogP contribution in [0.4, 0.5) is 0 Å². The Hall–Kier alpha value is -0.990. The van der Waals surface area contributed by atoms with E-state index in [0.29, 0.717) is 10.0 Å². The van der Waals surface area contributed by atoms with Crippen LogP contribution in [0, 0.1) is 0 Å². The molecule has 0 saturated heterocycles. The van der Waals surface area contributed by atoms with E-state index >= 15 is 0 Å². The molecule has 2 nitrogen and oxygen atoms in total. The van der Waals surface area contributed by atoms with Gasteiger partial charge in [-0.25, -0.2) is 0 Å². The lowest BCUT2D eigenvalue weighted by Gasteiger charge is -2.22. The number of nitrogens with zero attached hydrogens (tertiary/aromatic N) is 2. The lowest BCUT2D eigenvalue weighted by atomic mass is 10.2. The highest BCUT2D eigenvalue weighted by Crippen LogP contribution is 2.23. The second-order valence-electron chi connectivity index (χ2n) is 4.02. The van der Waals surface area contributed by atoms with Gasteiger partial charge in [0.05, 0.1) is 10.0 Å². The van der Waals surface area contributed by atoms with Gasteiger partial charge in [0.15, 0.2) is 0 Å². The zero-order valence-electron chi connectivity index (χ0n) is 9.66. The van der Waals surface area contributed by atoms with Crippen LogP contribution in [0.5, 0.6) is 0 Å². The Morgan fingerprint density at radius 2 is 2.06 bits per heavy atom. The zero-order chi connectivity index (χ0) is 12.3. The maximum absolute atomic E-state index is 5.96. The topological polar surface area (TPSA) is 15.6 Å². The normalized spacial score (nSPS) is 16.4. The molecular formula is C13H14Cl2N2. The number of halogens is 2. The van der Waals surface area contributed by atoms with Crippen molar-refractivity contribution < 1.29 is 0 Å². The Morgan fingerprint density at radius 1 is 1.24 bits per heavy atom. The summed E-state index contributed by atoms with van der Waals surface area (Å²) in [5, 5.41) is 1.16. The first kappa shape index (κ1) is 12.5. The third-order valence-corrected chi connectivity index (χ3v) is 3.42. The SMILES string of the molecule is CN1CCCN=C1/C=C/c1ccc(Cl)c(Cl)c1. The molecule has 0 aliphatic carbocycles. The van der Waals surface area contributed by atoms with Crippen molar-refractivity contribution in [3.63, 3.8) is 0 Å². The van der Waals surface area contributed by atoms with Crippen LogP contribution in [-0.4, -0.2) is 30.9 Å². The molecule has 90 valence electrons. The number of rotatable bonds is 2. The van der Waals surface area contributed by atoms with Crippen LogP contribution in [-0.2, 0) is 0 Å². The van der Waals surface area contributed by atoms with E-state index in [4.69, 9.17) is 23.2 Å². The fraction of sp³-hybridized carbons (Fsp3) is 0.308. The highest BCUT2D eigenvalue weighted by Gasteiger charge is 2.07. The molecule has 0 aromatic heterocycles. The number of aliphatic imine (C=N–C) groups is 1. The smallest absolute Gasteiger partial charge is 0.123 e. The Kier molecular flexibility index (Phi) is 4.08. The average Bonchev–Trinajstić information content (AvgIpc) is 2.32. The molecule has 0 unspecified atom stereocenters. The second kappa shape index (κ2) is 5.56. The van der Waals surface area contributed by atoms with Gasteiger partial charge in [0.1, 0.15) is 5.84 Å². The van der Waals surface area contributed by atoms with Crippen LogP contribution in [0.3, 0.4) is 0 Å². The van der Waals surface area contributed by atoms with Gasteiger partial charge in [-0.2, -0.15) is 0 Å². The van der Waals surface area contributed by atoms with Crippen LogP contribution >= 0.6 is 23.2 Å². The predicted molar refractivity (Wildman–Crippen MR) is 75.0 cm³/mol. The summed E-state index contributed by atoms with van der Waals surface area (Å²) in [6.45, 7) is 1.97. The molecule has 1 aromatic rings. The van der Waals surface area contributed by atoms with Crippen LogP contribution in [0.1, 0.15) is 12.0 Å². The molecule has 1 aliphatic heterocycles. The lowest BCUT2D eigenvalue weighted by molar-refractivity contribution is 0.470. The molecule has 1 heterocycles. The van der Waals surface area contributed by atoms with Crippen molar-refractivity contribution in [3.8, 4) is 0 Å². The first-order valence-corrected chi connectivity index (χ1v) is 6.31. The Balaban J connectivity index is 2.14. The van der Waals surface area contributed by atoms with Crippen molar-refractivity contribution in [2.75, 3.05) is 20.1 Å². The largest absolute Gasteiger partial charge is 0.360 e. The zero-order valence-corrected chi connectivity index (χ0v) is 11.2. The van der Waals surface area contributed by atoms with Crippen molar-refractivity contribution in [2.24, 2.45) is 4.99 Å². The number of hydrogen-bond acceptors (Lipinski definition) is 2. The molecule has 0 saturated carbocycles. The summed E-state index contributed by atoms with van der Waals surface area (Å²) in [5.74, 6) is 1.02. The predicted octanol–water partition coefficient (Wildman–Crippen LogP) is 3.74. The molecule has 0 bridgehead atoms. The molecule has 0 amide bonds. The monoisotopic (exact) mass is 268 g/mol. The van der Waals surface area contributed by atoms with E-state index in [1.807, 2.05) is 24.3 Å². The van der Waals surface area contributed by atoms with Gasteiger partial charge < -0.3 is 4.90 Å². The summed E-state index contributed by atoms with van der Waals surface area (Å²) in [5.41, 5.74) is 1.03. The molecular weight excluding hydrogens is 255 g/mol. The lowest BCUT2D eigenvalue weighted by Crippen LogP contribution is -2.30. The maximum Gasteiger partial charge on any atom is 0.123 e. The maximum atomic E-state index is 5.96. The molecule has 0 spiro atoms. The van der Waals surface area contributed by atoms with E-state index in [2.05, 4.69) is 16.9 Å². The van der Waals surface area contributed by atoms with Gasteiger partial charge in [-0.1, -0.05) is 35.3 Å². The standard InChI is InChI=1S/C13H14Cl2N2/c1-17-8-2-7-16-13(17)6-4-10-3-5-11(14)12(15)9-10/h3-6,9H,2,7-8H2,1H3/b6-4+. The van der Waals surface area contributed by atoms with Crippen molar-refractivity contribution in [1.82, 2.24) is 4.90 Å². The average molecular weight is 269 g/mol. The van der Waals surface area contributed by atoms with Gasteiger partial charge in [-0.15, -0.1) is 0 Å². The third-order valence-electron chi connectivity index (χ3n) is 2.69. The van der Waals surface area contributed by atoms with Gasteiger partial charge in [-0.3, -0.25) is 4.99 Å². The molecule has 4 heteroatoms. The van der Waals surface area contributed by atoms with E-state index in [1.54, 1.807) is 6.07 Å². The van der Waals surface area contributed by atoms with Crippen molar-refractivity contribution in [2.45, 2.75) is 6.42 Å². The molecule has 2 rings (SSSR count). The Labute approximate surface area is 112 Å². The van der Waals surface area contributed by atoms with Crippen molar-refractivity contribution in [1.29, 1.82) is 0 Å². The summed E-state index contributed by atoms with van der Waals surface area (Å²) < 4.78 is 0. The summed E-state index contributed by atoms with van der Waals surface area (Å²) >= 11 is 11.8. The van der Waals surface area contributed by atoms with Gasteiger partial charge in [0.2, 0.25) is 0 Å². The summed E-state index contributed by atoms with van der Waals surface area (Å²) in [6.07, 6.45) is 5.14. The van der Waals surface area contributed by atoms with E-state index in [-0.39, 0.29) is 0 Å². The number of hydrogen-bond donors (Lipinski definition) is 0. The highest BCUT2D eigenvalue weighted by atomic mass is 35.5. The summed E-state index contributed by atoms with van der Waals surface area (Å²) in [4.78, 5) is 6.61. The highest BCUT2D eigenvalue weighted by molar-refractivity contribution is 6.42. The minimum Gasteiger partial charge on any atom is -0.360 e. The van der Waals surface area contributed by atoms with E-state index in [1.165, 1.54) is 0 Å². The van der Waals surface area contributed by atoms with E-state index in [9.17, 15) is 0 Å². The van der Waals surface area contributed by atoms with Crippen LogP contribution in [0.2, 0.25) is 10.0 Å². The van der Waals surface area contributed by atoms with Crippen LogP contribution < -0.4 is 0 Å². The van der Waals surface area contributed by atoms with Gasteiger partial charge in [-0.05, 0) is 30.2 Å². The van der Waals surface area contributed by atoms with Gasteiger partial charge in [0.25, 0.3) is 0 Å². The number of likely N-dealkylation sites (N-methyl/N-ethyl adjacent to an activating group) is 1. The molecule has 0 atom stereocenters. The molecule has 1 aliphatic rings. The number of benzene rings is 1. The fourth-order valence-corrected chi connectivity index (χ4v) is 2.01. The molecule has 17 heavy (non-hydrogen) atoms.